The Balaban J connectivity index is 2.00. The molecule has 0 saturated heterocycles. The van der Waals surface area contributed by atoms with Gasteiger partial charge in [0.15, 0.2) is 5.88 Å². The van der Waals surface area contributed by atoms with Gasteiger partial charge in [-0.3, -0.25) is 4.99 Å². The Morgan fingerprint density at radius 2 is 2.10 bits per heavy atom. The van der Waals surface area contributed by atoms with Crippen molar-refractivity contribution in [3.63, 3.8) is 0 Å². The lowest BCUT2D eigenvalue weighted by Gasteiger charge is -1.99. The highest BCUT2D eigenvalue weighted by molar-refractivity contribution is 6.31. The van der Waals surface area contributed by atoms with Crippen LogP contribution in [0.1, 0.15) is 5.56 Å². The number of aromatic amines is 1. The maximum Gasteiger partial charge on any atom is 0.198 e. The summed E-state index contributed by atoms with van der Waals surface area (Å²) in [7, 11) is 1.61. The molecule has 0 aliphatic carbocycles. The second-order valence-electron chi connectivity index (χ2n) is 4.54. The van der Waals surface area contributed by atoms with Crippen LogP contribution in [0.15, 0.2) is 47.5 Å². The van der Waals surface area contributed by atoms with E-state index in [0.29, 0.717) is 10.6 Å². The molecule has 3 aromatic rings. The summed E-state index contributed by atoms with van der Waals surface area (Å²) in [6.07, 6.45) is 1.62. The third-order valence-corrected chi connectivity index (χ3v) is 3.41. The van der Waals surface area contributed by atoms with Gasteiger partial charge in [0, 0.05) is 22.7 Å². The molecule has 106 valence electrons. The van der Waals surface area contributed by atoms with Gasteiger partial charge < -0.3 is 14.8 Å². The quantitative estimate of drug-likeness (QED) is 0.709. The molecule has 0 bridgehead atoms. The van der Waals surface area contributed by atoms with Crippen LogP contribution in [0.2, 0.25) is 5.02 Å². The molecule has 4 nitrogen and oxygen atoms in total. The van der Waals surface area contributed by atoms with Gasteiger partial charge in [-0.15, -0.1) is 0 Å². The maximum atomic E-state index is 9.99. The van der Waals surface area contributed by atoms with Crippen LogP contribution in [-0.4, -0.2) is 23.4 Å². The monoisotopic (exact) mass is 300 g/mol. The number of hydrogen-bond donors (Lipinski definition) is 2. The van der Waals surface area contributed by atoms with E-state index in [2.05, 4.69) is 9.98 Å². The molecule has 0 amide bonds. The number of H-pyrrole nitrogens is 1. The van der Waals surface area contributed by atoms with Crippen molar-refractivity contribution >= 4 is 34.4 Å². The van der Waals surface area contributed by atoms with E-state index in [1.165, 1.54) is 0 Å². The summed E-state index contributed by atoms with van der Waals surface area (Å²) in [5.74, 6) is 0.804. The summed E-state index contributed by atoms with van der Waals surface area (Å²) in [5.41, 5.74) is 2.15. The summed E-state index contributed by atoms with van der Waals surface area (Å²) in [5, 5.41) is 11.5. The van der Waals surface area contributed by atoms with Gasteiger partial charge in [-0.1, -0.05) is 23.7 Å². The number of methoxy groups -OCH3 is 1. The molecular weight excluding hydrogens is 288 g/mol. The first-order valence-electron chi connectivity index (χ1n) is 6.35. The number of nitrogens with zero attached hydrogens (tertiary/aromatic N) is 1. The van der Waals surface area contributed by atoms with Crippen molar-refractivity contribution in [1.29, 1.82) is 0 Å². The summed E-state index contributed by atoms with van der Waals surface area (Å²) < 4.78 is 5.15. The number of aromatic hydroxyl groups is 1. The largest absolute Gasteiger partial charge is 0.497 e. The molecule has 3 rings (SSSR count). The van der Waals surface area contributed by atoms with Crippen molar-refractivity contribution in [2.24, 2.45) is 4.99 Å². The number of nitrogens with one attached hydrogen (secondary N) is 1. The first-order valence-corrected chi connectivity index (χ1v) is 6.73. The molecule has 0 atom stereocenters. The van der Waals surface area contributed by atoms with Crippen molar-refractivity contribution in [2.45, 2.75) is 0 Å². The number of aliphatic imine (C=N–C) groups is 1. The van der Waals surface area contributed by atoms with E-state index in [0.717, 1.165) is 22.3 Å². The predicted octanol–water partition coefficient (Wildman–Crippen LogP) is 4.29. The molecule has 0 aliphatic heterocycles. The summed E-state index contributed by atoms with van der Waals surface area (Å²) >= 11 is 5.94. The zero-order valence-corrected chi connectivity index (χ0v) is 12.1. The Hall–Kier alpha value is -2.46. The van der Waals surface area contributed by atoms with E-state index in [-0.39, 0.29) is 5.88 Å². The number of rotatable bonds is 3. The Morgan fingerprint density at radius 3 is 2.90 bits per heavy atom. The fraction of sp³-hybridized carbons (Fsp3) is 0.0625. The molecule has 0 saturated carbocycles. The average molecular weight is 301 g/mol. The van der Waals surface area contributed by atoms with Crippen molar-refractivity contribution in [3.05, 3.63) is 53.1 Å². The lowest BCUT2D eigenvalue weighted by molar-refractivity contribution is 0.415. The van der Waals surface area contributed by atoms with Crippen LogP contribution >= 0.6 is 11.6 Å². The summed E-state index contributed by atoms with van der Waals surface area (Å²) in [4.78, 5) is 7.25. The van der Waals surface area contributed by atoms with Crippen LogP contribution in [0.3, 0.4) is 0 Å². The highest BCUT2D eigenvalue weighted by Gasteiger charge is 2.09. The van der Waals surface area contributed by atoms with E-state index in [9.17, 15) is 5.11 Å². The molecule has 2 aromatic carbocycles. The van der Waals surface area contributed by atoms with Gasteiger partial charge in [-0.25, -0.2) is 0 Å². The molecule has 2 N–H and O–H groups in total. The van der Waals surface area contributed by atoms with E-state index >= 15 is 0 Å². The highest BCUT2D eigenvalue weighted by atomic mass is 35.5. The molecular formula is C16H13ClN2O2. The lowest BCUT2D eigenvalue weighted by Crippen LogP contribution is -1.82. The fourth-order valence-electron chi connectivity index (χ4n) is 2.14. The van der Waals surface area contributed by atoms with Crippen LogP contribution in [0.5, 0.6) is 11.6 Å². The third-order valence-electron chi connectivity index (χ3n) is 3.18. The van der Waals surface area contributed by atoms with Crippen molar-refractivity contribution < 1.29 is 9.84 Å². The standard InChI is InChI=1S/C16H13ClN2O2/c1-21-12-4-2-3-11(8-12)18-9-14-13-6-5-10(17)7-15(13)19-16(14)20/h2-9,19-20H,1H3. The van der Waals surface area contributed by atoms with E-state index < -0.39 is 0 Å². The Morgan fingerprint density at radius 1 is 1.24 bits per heavy atom. The van der Waals surface area contributed by atoms with Crippen LogP contribution < -0.4 is 4.74 Å². The number of halogens is 1. The van der Waals surface area contributed by atoms with Gasteiger partial charge in [0.25, 0.3) is 0 Å². The van der Waals surface area contributed by atoms with Gasteiger partial charge in [0.05, 0.1) is 23.9 Å². The first kappa shape index (κ1) is 13.5. The number of hydrogen-bond acceptors (Lipinski definition) is 3. The van der Waals surface area contributed by atoms with Crippen LogP contribution in [-0.2, 0) is 0 Å². The van der Waals surface area contributed by atoms with Crippen molar-refractivity contribution in [1.82, 2.24) is 4.98 Å². The molecule has 1 heterocycles. The minimum Gasteiger partial charge on any atom is -0.497 e. The lowest BCUT2D eigenvalue weighted by atomic mass is 10.2. The molecule has 5 heteroatoms. The molecule has 0 spiro atoms. The van der Waals surface area contributed by atoms with E-state index in [1.54, 1.807) is 25.5 Å². The highest BCUT2D eigenvalue weighted by Crippen LogP contribution is 2.28. The van der Waals surface area contributed by atoms with Gasteiger partial charge in [-0.2, -0.15) is 0 Å². The molecule has 0 unspecified atom stereocenters. The van der Waals surface area contributed by atoms with Crippen LogP contribution in [0, 0.1) is 0 Å². The van der Waals surface area contributed by atoms with Crippen LogP contribution in [0.4, 0.5) is 5.69 Å². The molecule has 0 fully saturated rings. The third kappa shape index (κ3) is 2.71. The summed E-state index contributed by atoms with van der Waals surface area (Å²) in [6, 6.07) is 12.8. The molecule has 0 aliphatic rings. The number of benzene rings is 2. The second kappa shape index (κ2) is 5.50. The van der Waals surface area contributed by atoms with E-state index in [4.69, 9.17) is 16.3 Å². The zero-order chi connectivity index (χ0) is 14.8. The smallest absolute Gasteiger partial charge is 0.198 e. The van der Waals surface area contributed by atoms with Gasteiger partial charge in [0.1, 0.15) is 5.75 Å². The second-order valence-corrected chi connectivity index (χ2v) is 4.97. The van der Waals surface area contributed by atoms with Gasteiger partial charge >= 0.3 is 0 Å². The molecule has 1 aromatic heterocycles. The number of ether oxygens (including phenoxy) is 1. The SMILES string of the molecule is COc1cccc(N=Cc2c(O)[nH]c3cc(Cl)ccc23)c1. The fourth-order valence-corrected chi connectivity index (χ4v) is 2.31. The number of fused-ring (bicyclic) bond motifs is 1. The summed E-state index contributed by atoms with van der Waals surface area (Å²) in [6.45, 7) is 0. The Kier molecular flexibility index (Phi) is 3.54. The number of aromatic nitrogens is 1. The van der Waals surface area contributed by atoms with Crippen molar-refractivity contribution in [3.8, 4) is 11.6 Å². The van der Waals surface area contributed by atoms with Gasteiger partial charge in [-0.05, 0) is 24.3 Å². The minimum absolute atomic E-state index is 0.0684. The minimum atomic E-state index is 0.0684. The first-order chi connectivity index (χ1) is 10.2. The average Bonchev–Trinajstić information content (AvgIpc) is 2.80. The topological polar surface area (TPSA) is 57.6 Å². The maximum absolute atomic E-state index is 9.99. The van der Waals surface area contributed by atoms with E-state index in [1.807, 2.05) is 30.3 Å². The Bertz CT molecular complexity index is 824. The Labute approximate surface area is 126 Å². The van der Waals surface area contributed by atoms with Crippen LogP contribution in [0.25, 0.3) is 10.9 Å². The molecule has 21 heavy (non-hydrogen) atoms. The van der Waals surface area contributed by atoms with Crippen molar-refractivity contribution in [2.75, 3.05) is 7.11 Å². The normalized spacial score (nSPS) is 11.3. The predicted molar refractivity (Wildman–Crippen MR) is 85.2 cm³/mol. The van der Waals surface area contributed by atoms with Gasteiger partial charge in [0.2, 0.25) is 0 Å². The zero-order valence-electron chi connectivity index (χ0n) is 11.3. The molecule has 0 radical (unpaired) electrons.